The van der Waals surface area contributed by atoms with E-state index in [-0.39, 0.29) is 0 Å². The third-order valence-corrected chi connectivity index (χ3v) is 25.7. The number of aliphatic hydroxyl groups is 27. The van der Waals surface area contributed by atoms with Crippen LogP contribution in [0.4, 0.5) is 0 Å². The highest BCUT2D eigenvalue weighted by molar-refractivity contribution is 5.75. The van der Waals surface area contributed by atoms with Crippen LogP contribution in [0, 0.1) is 0 Å². The Labute approximate surface area is 805 Å². The van der Waals surface area contributed by atoms with Crippen molar-refractivity contribution < 1.29 is 271 Å². The van der Waals surface area contributed by atoms with Gasteiger partial charge in [-0.25, -0.2) is 0 Å². The summed E-state index contributed by atoms with van der Waals surface area (Å²) in [6, 6.07) is -13.4. The number of carbonyl (C=O) groups excluding carboxylic acids is 7. The molecule has 62 heteroatoms. The molecule has 0 aromatic rings. The van der Waals surface area contributed by atoms with Crippen LogP contribution in [0.2, 0.25) is 0 Å². The summed E-state index contributed by atoms with van der Waals surface area (Å²) in [6.45, 7) is -3.76. The van der Waals surface area contributed by atoms with E-state index in [1.165, 1.54) is 6.92 Å². The zero-order valence-corrected chi connectivity index (χ0v) is 77.3. The highest BCUT2D eigenvalue weighted by atomic mass is 16.8. The standard InChI is InChI=1S/C80H133N7O55/c1-19-44(103)57(116)59(118)77(124-19)122-18-36-66(53(112)37(70(121)125-36)81-20(2)96)138-74-41(85-24(6)100)56(115)64(33(15-94)130-74)139-78-61(120)67(49(108)35(134-78)17-123-79-68(58(117)48(107)30(12-91)129-79)141-75-42(86-25(7)101)54(113)62(31(13-92)131-75)135-71-38(82-21(3)97)50(109)45(104)27(9-88)126-71)140-80-69(60(119)65(34(16-95)133-80)137-73-40(84-23(5)99)52(111)47(106)29(11-90)128-73)142-76-43(87-26(8)102)55(114)63(32(14-93)132-76)136-72-39(83-22(4)98)51(110)46(105)28(10-89)127-72/h19,27-80,88-95,103-121H,9-18H2,1-8H3,(H,81,96)(H,82,97)(H,83,98)(H,84,99)(H,85,100)(H,86,101)(H,87,102)/t19-,27+,28+,29+,30+,31+,32+,33+,34+,35+,36+,37+,38+,39+,40+,41+,42+,43-,44+,45-,46-,47+,48+,49+,50+,51+,52+,53+,54+,55+,56+,57+,58-,59-,60-,61-,62+,63+,64+,65+,66+,67-,68-,69-,70+,71-,72-,73-,74-,75-,76-,77+,78-,79-,80+/m0/s1. The van der Waals surface area contributed by atoms with E-state index in [1.54, 1.807) is 0 Å². The molecule has 0 aromatic heterocycles. The molecule has 0 spiro atoms. The normalized spacial score (nSPS) is 47.5. The fourth-order valence-electron chi connectivity index (χ4n) is 18.5. The van der Waals surface area contributed by atoms with Crippen LogP contribution in [-0.4, -0.2) is 583 Å². The van der Waals surface area contributed by atoms with Crippen LogP contribution in [-0.2, 0) is 133 Å². The van der Waals surface area contributed by atoms with Gasteiger partial charge in [-0.2, -0.15) is 0 Å². The maximum absolute atomic E-state index is 13.5. The maximum Gasteiger partial charge on any atom is 0.217 e. The molecule has 0 unspecified atom stereocenters. The molecule has 0 radical (unpaired) electrons. The number of ether oxygens (including phenoxy) is 21. The van der Waals surface area contributed by atoms with Gasteiger partial charge in [0, 0.05) is 48.5 Å². The Bertz CT molecular complexity index is 4030. The summed E-state index contributed by atoms with van der Waals surface area (Å²) in [6.07, 6.45) is -102. The first-order valence-electron chi connectivity index (χ1n) is 45.5. The highest BCUT2D eigenvalue weighted by Gasteiger charge is 2.63. The molecule has 11 saturated heterocycles. The summed E-state index contributed by atoms with van der Waals surface area (Å²) in [5.74, 6) is -6.58. The van der Waals surface area contributed by atoms with Crippen LogP contribution in [0.15, 0.2) is 0 Å². The Balaban J connectivity index is 0.985. The number of carbonyl (C=O) groups is 7. The summed E-state index contributed by atoms with van der Waals surface area (Å²) in [5, 5.41) is 325. The molecule has 11 aliphatic heterocycles. The van der Waals surface area contributed by atoms with Crippen LogP contribution in [0.3, 0.4) is 0 Å². The quantitative estimate of drug-likeness (QED) is 0.0275. The van der Waals surface area contributed by atoms with Gasteiger partial charge in [-0.3, -0.25) is 33.6 Å². The van der Waals surface area contributed by atoms with E-state index >= 15 is 0 Å². The summed E-state index contributed by atoms with van der Waals surface area (Å²) in [4.78, 5) is 90.6. The Morgan fingerprint density at radius 1 is 0.197 bits per heavy atom. The van der Waals surface area contributed by atoms with E-state index in [1.807, 2.05) is 0 Å². The van der Waals surface area contributed by atoms with Gasteiger partial charge in [-0.05, 0) is 6.92 Å². The number of hydrogen-bond acceptors (Lipinski definition) is 55. The lowest BCUT2D eigenvalue weighted by molar-refractivity contribution is -0.405. The summed E-state index contributed by atoms with van der Waals surface area (Å²) >= 11 is 0. The Morgan fingerprint density at radius 2 is 0.444 bits per heavy atom. The lowest BCUT2D eigenvalue weighted by Gasteiger charge is -2.52. The minimum absolute atomic E-state index is 0.833. The number of rotatable bonds is 37. The molecule has 818 valence electrons. The van der Waals surface area contributed by atoms with Gasteiger partial charge in [0.05, 0.1) is 72.2 Å². The summed E-state index contributed by atoms with van der Waals surface area (Å²) in [5.41, 5.74) is 0. The average Bonchev–Trinajstić information content (AvgIpc) is 0.759. The maximum atomic E-state index is 13.5. The molecule has 7 amide bonds. The number of aliphatic hydroxyl groups excluding tert-OH is 27. The van der Waals surface area contributed by atoms with Crippen LogP contribution in [0.25, 0.3) is 0 Å². The van der Waals surface area contributed by atoms with E-state index in [0.717, 1.165) is 48.5 Å². The molecule has 0 aromatic carbocycles. The number of hydrogen-bond donors (Lipinski definition) is 34. The second-order valence-electron chi connectivity index (χ2n) is 36.0. The van der Waals surface area contributed by atoms with Crippen LogP contribution >= 0.6 is 0 Å². The minimum Gasteiger partial charge on any atom is -0.394 e. The molecule has 55 atom stereocenters. The van der Waals surface area contributed by atoms with Crippen molar-refractivity contribution in [1.29, 1.82) is 0 Å². The molecule has 62 nitrogen and oxygen atoms in total. The molecule has 34 N–H and O–H groups in total. The molecule has 11 aliphatic rings. The van der Waals surface area contributed by atoms with Crippen molar-refractivity contribution in [1.82, 2.24) is 37.2 Å². The van der Waals surface area contributed by atoms with Gasteiger partial charge in [0.15, 0.2) is 69.2 Å². The largest absolute Gasteiger partial charge is 0.394 e. The first kappa shape index (κ1) is 117. The second kappa shape index (κ2) is 51.3. The average molecular weight is 2070 g/mol. The highest BCUT2D eigenvalue weighted by Crippen LogP contribution is 2.42. The second-order valence-corrected chi connectivity index (χ2v) is 36.0. The van der Waals surface area contributed by atoms with E-state index in [9.17, 15) is 171 Å². The van der Waals surface area contributed by atoms with Crippen molar-refractivity contribution in [3.8, 4) is 0 Å². The van der Waals surface area contributed by atoms with Crippen molar-refractivity contribution in [2.75, 3.05) is 66.1 Å². The number of nitrogens with one attached hydrogen (secondary N) is 7. The fourth-order valence-corrected chi connectivity index (χ4v) is 18.5. The fraction of sp³-hybridized carbons (Fsp3) is 0.912. The van der Waals surface area contributed by atoms with E-state index < -0.39 is 445 Å². The zero-order valence-electron chi connectivity index (χ0n) is 77.3. The van der Waals surface area contributed by atoms with Gasteiger partial charge < -0.3 is 275 Å². The lowest BCUT2D eigenvalue weighted by atomic mass is 9.93. The third-order valence-electron chi connectivity index (χ3n) is 25.7. The van der Waals surface area contributed by atoms with Crippen molar-refractivity contribution in [3.63, 3.8) is 0 Å². The molecule has 0 bridgehead atoms. The topological polar surface area (TPSA) is 944 Å². The predicted molar refractivity (Wildman–Crippen MR) is 442 cm³/mol. The molecule has 11 rings (SSSR count). The van der Waals surface area contributed by atoms with E-state index in [2.05, 4.69) is 37.2 Å². The predicted octanol–water partition coefficient (Wildman–Crippen LogP) is -22.9. The molecule has 0 saturated carbocycles. The molecular formula is C80H133N7O55. The van der Waals surface area contributed by atoms with Crippen LogP contribution in [0.1, 0.15) is 55.4 Å². The summed E-state index contributed by atoms with van der Waals surface area (Å²) in [7, 11) is 0. The number of amides is 7. The van der Waals surface area contributed by atoms with Crippen LogP contribution in [0.5, 0.6) is 0 Å². The van der Waals surface area contributed by atoms with Gasteiger partial charge in [0.2, 0.25) is 41.4 Å². The van der Waals surface area contributed by atoms with Gasteiger partial charge >= 0.3 is 0 Å². The van der Waals surface area contributed by atoms with Crippen LogP contribution < -0.4 is 37.2 Å². The Hall–Kier alpha value is -5.63. The van der Waals surface area contributed by atoms with Crippen molar-refractivity contribution in [2.45, 2.75) is 393 Å². The molecule has 11 fully saturated rings. The monoisotopic (exact) mass is 2070 g/mol. The van der Waals surface area contributed by atoms with Gasteiger partial charge in [0.1, 0.15) is 262 Å². The first-order chi connectivity index (χ1) is 67.1. The Morgan fingerprint density at radius 3 is 0.789 bits per heavy atom. The zero-order chi connectivity index (χ0) is 105. The van der Waals surface area contributed by atoms with Gasteiger partial charge in [-0.1, -0.05) is 0 Å². The molecule has 11 heterocycles. The van der Waals surface area contributed by atoms with E-state index in [0.29, 0.717) is 0 Å². The third kappa shape index (κ3) is 26.5. The minimum atomic E-state index is -2.76. The molecular weight excluding hydrogens is 1940 g/mol. The van der Waals surface area contributed by atoms with Gasteiger partial charge in [-0.15, -0.1) is 0 Å². The van der Waals surface area contributed by atoms with Crippen molar-refractivity contribution in [2.24, 2.45) is 0 Å². The molecule has 142 heavy (non-hydrogen) atoms. The lowest BCUT2D eigenvalue weighted by Crippen LogP contribution is -2.71. The van der Waals surface area contributed by atoms with E-state index in [4.69, 9.17) is 99.5 Å². The Kier molecular flexibility index (Phi) is 42.1. The SMILES string of the molecule is CC(=O)N[C@@H]1[C@H](O[C@@H]2[C@@H](O[C@@H]3[C@H](O)[C@H](O[C@H]4[C@H](O)[C@@H](NC(C)=O)[C@H](O[C@H]5[C@H](O)[C@@H](NC(C)=O)[C@H](O)O[C@@H]5CO[C@@H]5O[C@@H](C)[C@@H](O)[C@@H](O)[C@@H]5O)O[C@@H]4CO)O[C@H](CO[C@H]4O[C@H](CO)[C@@H](O)[C@H](O)[C@@H]4O[C@@H]4O[C@H](CO)[C@@H](O[C@@H]5O[C@H](CO)[C@H](O)[C@H](O)[C@H]5NC(C)=O)[C@H](O)[C@H]4NC(C)=O)[C@H]3O)O[C@H](CO)[C@@H](O[C@@H]3O[C@H](CO)[C@@H](O)[C@H](O)[C@H]3NC(C)=O)[C@@H]2O)O[C@H](CO)[C@@H](O[C@@H]2O[C@H](CO)[C@H](O)[C@H](O)[C@H]2NC(C)=O)[C@@H]1O. The smallest absolute Gasteiger partial charge is 0.217 e. The first-order valence-corrected chi connectivity index (χ1v) is 45.5. The van der Waals surface area contributed by atoms with Gasteiger partial charge in [0.25, 0.3) is 0 Å². The van der Waals surface area contributed by atoms with Crippen molar-refractivity contribution >= 4 is 41.4 Å². The van der Waals surface area contributed by atoms with Crippen molar-refractivity contribution in [3.05, 3.63) is 0 Å². The molecule has 0 aliphatic carbocycles. The summed E-state index contributed by atoms with van der Waals surface area (Å²) < 4.78 is 128.